The molecule has 0 radical (unpaired) electrons. The highest BCUT2D eigenvalue weighted by Gasteiger charge is 2.30. The number of aliphatic hydroxyl groups excluding tert-OH is 1. The van der Waals surface area contributed by atoms with Crippen LogP contribution in [-0.2, 0) is 22.5 Å². The van der Waals surface area contributed by atoms with Crippen LogP contribution in [0.25, 0.3) is 0 Å². The van der Waals surface area contributed by atoms with Crippen molar-refractivity contribution >= 4 is 17.5 Å². The fourth-order valence-corrected chi connectivity index (χ4v) is 5.72. The molecule has 0 aromatic heterocycles. The van der Waals surface area contributed by atoms with Crippen molar-refractivity contribution in [3.8, 4) is 5.75 Å². The zero-order valence-electron chi connectivity index (χ0n) is 27.2. The third kappa shape index (κ3) is 10.4. The van der Waals surface area contributed by atoms with Crippen LogP contribution in [0, 0.1) is 5.92 Å². The molecule has 0 saturated heterocycles. The molecule has 3 aromatic rings. The van der Waals surface area contributed by atoms with Crippen LogP contribution in [0.15, 0.2) is 78.9 Å². The third-order valence-corrected chi connectivity index (χ3v) is 8.33. The van der Waals surface area contributed by atoms with Gasteiger partial charge in [-0.25, -0.2) is 0 Å². The normalized spacial score (nSPS) is 20.5. The Hall–Kier alpha value is -3.72. The minimum absolute atomic E-state index is 0.0128. The molecule has 0 aliphatic carbocycles. The van der Waals surface area contributed by atoms with Crippen LogP contribution in [0.5, 0.6) is 5.75 Å². The first-order chi connectivity index (χ1) is 21.7. The van der Waals surface area contributed by atoms with Crippen LogP contribution in [0.3, 0.4) is 0 Å². The number of fused-ring (bicyclic) bond motifs is 1. The number of carbonyl (C=O) groups excluding carboxylic acids is 2. The van der Waals surface area contributed by atoms with E-state index in [-0.39, 0.29) is 43.0 Å². The predicted molar refractivity (Wildman–Crippen MR) is 178 cm³/mol. The van der Waals surface area contributed by atoms with Gasteiger partial charge in [0, 0.05) is 37.8 Å². The lowest BCUT2D eigenvalue weighted by molar-refractivity contribution is -0.115. The molecule has 2 amide bonds. The predicted octanol–water partition coefficient (Wildman–Crippen LogP) is 5.80. The van der Waals surface area contributed by atoms with Crippen molar-refractivity contribution in [1.29, 1.82) is 0 Å². The number of benzene rings is 3. The highest BCUT2D eigenvalue weighted by Crippen LogP contribution is 2.28. The molecule has 0 unspecified atom stereocenters. The monoisotopic (exact) mass is 615 g/mol. The Bertz CT molecular complexity index is 1350. The summed E-state index contributed by atoms with van der Waals surface area (Å²) in [6.07, 6.45) is 2.66. The van der Waals surface area contributed by atoms with Gasteiger partial charge in [-0.2, -0.15) is 0 Å². The second kappa shape index (κ2) is 17.1. The molecular weight excluding hydrogens is 566 g/mol. The van der Waals surface area contributed by atoms with Crippen molar-refractivity contribution in [3.05, 3.63) is 95.6 Å². The van der Waals surface area contributed by atoms with Gasteiger partial charge >= 0.3 is 0 Å². The number of rotatable bonds is 9. The van der Waals surface area contributed by atoms with Gasteiger partial charge in [0.1, 0.15) is 5.75 Å². The van der Waals surface area contributed by atoms with E-state index in [0.29, 0.717) is 36.7 Å². The third-order valence-electron chi connectivity index (χ3n) is 8.33. The summed E-state index contributed by atoms with van der Waals surface area (Å²) in [7, 11) is 2.09. The molecule has 45 heavy (non-hydrogen) atoms. The summed E-state index contributed by atoms with van der Waals surface area (Å²) in [5.74, 6) is 0.0424. The number of aliphatic hydroxyl groups is 1. The first-order valence-electron chi connectivity index (χ1n) is 16.1. The average Bonchev–Trinajstić information content (AvgIpc) is 3.03. The smallest absolute Gasteiger partial charge is 0.258 e. The number of hydrogen-bond acceptors (Lipinski definition) is 6. The van der Waals surface area contributed by atoms with Gasteiger partial charge in [0.05, 0.1) is 36.8 Å². The number of likely N-dealkylation sites (N-methyl/N-ethyl adjacent to an activating group) is 1. The molecule has 1 heterocycles. The summed E-state index contributed by atoms with van der Waals surface area (Å²) < 4.78 is 12.8. The van der Waals surface area contributed by atoms with Crippen LogP contribution in [-0.4, -0.2) is 78.3 Å². The van der Waals surface area contributed by atoms with Crippen LogP contribution >= 0.6 is 0 Å². The van der Waals surface area contributed by atoms with E-state index >= 15 is 0 Å². The Balaban J connectivity index is 1.59. The Kier molecular flexibility index (Phi) is 13.0. The average molecular weight is 616 g/mol. The molecule has 2 N–H and O–H groups in total. The van der Waals surface area contributed by atoms with Gasteiger partial charge in [0.15, 0.2) is 0 Å². The van der Waals surface area contributed by atoms with E-state index in [1.165, 1.54) is 5.56 Å². The first-order valence-corrected chi connectivity index (χ1v) is 16.1. The van der Waals surface area contributed by atoms with E-state index in [1.54, 1.807) is 23.1 Å². The number of amides is 2. The topological polar surface area (TPSA) is 91.3 Å². The van der Waals surface area contributed by atoms with Crippen molar-refractivity contribution in [2.45, 2.75) is 71.2 Å². The molecule has 8 nitrogen and oxygen atoms in total. The van der Waals surface area contributed by atoms with Crippen LogP contribution in [0.4, 0.5) is 5.69 Å². The van der Waals surface area contributed by atoms with Gasteiger partial charge in [0.2, 0.25) is 5.91 Å². The molecule has 0 saturated carbocycles. The molecule has 3 aromatic carbocycles. The second-order valence-corrected chi connectivity index (χ2v) is 12.4. The van der Waals surface area contributed by atoms with E-state index in [1.807, 2.05) is 62.4 Å². The molecule has 8 heteroatoms. The summed E-state index contributed by atoms with van der Waals surface area (Å²) in [5, 5.41) is 13.2. The quantitative estimate of drug-likeness (QED) is 0.317. The fraction of sp³-hybridized carbons (Fsp3) is 0.459. The number of hydrogen-bond donors (Lipinski definition) is 2. The van der Waals surface area contributed by atoms with Gasteiger partial charge in [0.25, 0.3) is 5.91 Å². The SMILES string of the molecule is C[C@H](CO)N1C[C@H](C)[C@H](CN(C)Cc2ccccc2)OCCCC[C@H](C)Oc2ccc(NC(=O)Cc3ccccc3)cc2C1=O. The molecule has 4 atom stereocenters. The van der Waals surface area contributed by atoms with Gasteiger partial charge in [-0.15, -0.1) is 0 Å². The number of nitrogens with one attached hydrogen (secondary N) is 1. The minimum atomic E-state index is -0.433. The van der Waals surface area contributed by atoms with E-state index in [2.05, 4.69) is 36.3 Å². The standard InChI is InChI=1S/C37H49N3O5/c1-27-23-40(28(2)26-41)37(43)33-22-32(38-36(42)21-30-14-7-5-8-15-30)18-19-34(33)45-29(3)13-11-12-20-44-35(27)25-39(4)24-31-16-9-6-10-17-31/h5-10,14-19,22,27-29,35,41H,11-13,20-21,23-26H2,1-4H3,(H,38,42)/t27-,28+,29-,35-/m0/s1. The maximum absolute atomic E-state index is 14.3. The van der Waals surface area contributed by atoms with Crippen molar-refractivity contribution in [2.24, 2.45) is 5.92 Å². The number of anilines is 1. The Morgan fingerprint density at radius 1 is 1.02 bits per heavy atom. The van der Waals surface area contributed by atoms with Crippen LogP contribution in [0.2, 0.25) is 0 Å². The maximum Gasteiger partial charge on any atom is 0.258 e. The van der Waals surface area contributed by atoms with E-state index in [9.17, 15) is 14.7 Å². The zero-order chi connectivity index (χ0) is 32.2. The van der Waals surface area contributed by atoms with Crippen LogP contribution in [0.1, 0.15) is 61.5 Å². The Labute approximate surface area is 268 Å². The molecule has 0 spiro atoms. The molecule has 242 valence electrons. The van der Waals surface area contributed by atoms with E-state index in [4.69, 9.17) is 9.47 Å². The number of carbonyl (C=O) groups is 2. The van der Waals surface area contributed by atoms with Crippen molar-refractivity contribution < 1.29 is 24.2 Å². The van der Waals surface area contributed by atoms with Gasteiger partial charge in [-0.05, 0) is 69.5 Å². The van der Waals surface area contributed by atoms with Crippen molar-refractivity contribution in [3.63, 3.8) is 0 Å². The van der Waals surface area contributed by atoms with Gasteiger partial charge < -0.3 is 24.8 Å². The zero-order valence-corrected chi connectivity index (χ0v) is 27.2. The van der Waals surface area contributed by atoms with Crippen LogP contribution < -0.4 is 10.1 Å². The van der Waals surface area contributed by atoms with Crippen molar-refractivity contribution in [1.82, 2.24) is 9.80 Å². The lowest BCUT2D eigenvalue weighted by atomic mass is 10.0. The number of ether oxygens (including phenoxy) is 2. The molecule has 1 aliphatic rings. The highest BCUT2D eigenvalue weighted by atomic mass is 16.5. The number of nitrogens with zero attached hydrogens (tertiary/aromatic N) is 2. The van der Waals surface area contributed by atoms with Gasteiger partial charge in [-0.3, -0.25) is 14.5 Å². The summed E-state index contributed by atoms with van der Waals surface area (Å²) >= 11 is 0. The lowest BCUT2D eigenvalue weighted by Gasteiger charge is -2.36. The maximum atomic E-state index is 14.3. The molecule has 0 bridgehead atoms. The summed E-state index contributed by atoms with van der Waals surface area (Å²) in [6.45, 7) is 8.31. The summed E-state index contributed by atoms with van der Waals surface area (Å²) in [4.78, 5) is 31.2. The van der Waals surface area contributed by atoms with E-state index in [0.717, 1.165) is 31.4 Å². The lowest BCUT2D eigenvalue weighted by Crippen LogP contribution is -2.47. The summed E-state index contributed by atoms with van der Waals surface area (Å²) in [5.41, 5.74) is 3.03. The first kappa shape index (κ1) is 34.2. The fourth-order valence-electron chi connectivity index (χ4n) is 5.72. The van der Waals surface area contributed by atoms with E-state index < -0.39 is 6.04 Å². The Morgan fingerprint density at radius 2 is 1.71 bits per heavy atom. The van der Waals surface area contributed by atoms with Crippen molar-refractivity contribution in [2.75, 3.05) is 38.7 Å². The molecule has 1 aliphatic heterocycles. The summed E-state index contributed by atoms with van der Waals surface area (Å²) in [6, 6.07) is 24.7. The molecular formula is C37H49N3O5. The minimum Gasteiger partial charge on any atom is -0.490 e. The molecule has 4 rings (SSSR count). The second-order valence-electron chi connectivity index (χ2n) is 12.4. The van der Waals surface area contributed by atoms with Gasteiger partial charge in [-0.1, -0.05) is 67.6 Å². The largest absolute Gasteiger partial charge is 0.490 e. The highest BCUT2D eigenvalue weighted by molar-refractivity contribution is 6.00. The molecule has 0 fully saturated rings. The Morgan fingerprint density at radius 3 is 2.40 bits per heavy atom.